The average Bonchev–Trinajstić information content (AvgIpc) is 2.53. The second kappa shape index (κ2) is 8.17. The molecule has 0 aliphatic heterocycles. The second-order valence-corrected chi connectivity index (χ2v) is 8.21. The van der Waals surface area contributed by atoms with Crippen LogP contribution in [-0.4, -0.2) is 26.5 Å². The van der Waals surface area contributed by atoms with E-state index in [9.17, 15) is 13.2 Å². The lowest BCUT2D eigenvalue weighted by molar-refractivity contribution is 0.251. The molecule has 0 aromatic heterocycles. The number of hydrogen-bond acceptors (Lipinski definition) is 3. The van der Waals surface area contributed by atoms with E-state index in [1.807, 2.05) is 12.1 Å². The summed E-state index contributed by atoms with van der Waals surface area (Å²) < 4.78 is 22.3. The van der Waals surface area contributed by atoms with Crippen LogP contribution in [0.15, 0.2) is 48.5 Å². The first-order valence-corrected chi connectivity index (χ1v) is 9.82. The van der Waals surface area contributed by atoms with E-state index in [1.165, 1.54) is 6.26 Å². The molecule has 0 fully saturated rings. The summed E-state index contributed by atoms with van der Waals surface area (Å²) in [5, 5.41) is 6.13. The van der Waals surface area contributed by atoms with Crippen molar-refractivity contribution in [2.45, 2.75) is 13.0 Å². The molecule has 0 saturated heterocycles. The first-order chi connectivity index (χ1) is 11.3. The summed E-state index contributed by atoms with van der Waals surface area (Å²) in [6.07, 6.45) is 1.68. The Kier molecular flexibility index (Phi) is 6.23. The molecule has 0 heterocycles. The highest BCUT2D eigenvalue weighted by Gasteiger charge is 2.05. The predicted molar refractivity (Wildman–Crippen MR) is 97.2 cm³/mol. The molecule has 2 amide bonds. The van der Waals surface area contributed by atoms with E-state index >= 15 is 0 Å². The van der Waals surface area contributed by atoms with Gasteiger partial charge in [-0.2, -0.15) is 0 Å². The predicted octanol–water partition coefficient (Wildman–Crippen LogP) is 3.25. The molecular formula is C17H19ClN2O3S. The summed E-state index contributed by atoms with van der Waals surface area (Å²) in [5.41, 5.74) is 2.50. The molecule has 0 unspecified atom stereocenters. The number of halogens is 1. The van der Waals surface area contributed by atoms with Gasteiger partial charge >= 0.3 is 6.03 Å². The van der Waals surface area contributed by atoms with Crippen LogP contribution in [0.4, 0.5) is 10.5 Å². The van der Waals surface area contributed by atoms with Crippen LogP contribution in [0.3, 0.4) is 0 Å². The Labute approximate surface area is 147 Å². The number of rotatable bonds is 6. The number of urea groups is 1. The van der Waals surface area contributed by atoms with Gasteiger partial charge in [0.25, 0.3) is 0 Å². The molecule has 2 aromatic carbocycles. The van der Waals surface area contributed by atoms with Crippen LogP contribution in [0.2, 0.25) is 5.02 Å². The van der Waals surface area contributed by atoms with Gasteiger partial charge in [-0.3, -0.25) is 0 Å². The molecule has 0 aliphatic carbocycles. The van der Waals surface area contributed by atoms with Gasteiger partial charge in [0.05, 0.1) is 5.75 Å². The molecule has 2 aromatic rings. The Morgan fingerprint density at radius 3 is 2.17 bits per heavy atom. The number of carbonyl (C=O) groups excluding carboxylic acids is 1. The maximum atomic E-state index is 11.9. The summed E-state index contributed by atoms with van der Waals surface area (Å²) in [4.78, 5) is 11.9. The van der Waals surface area contributed by atoms with Gasteiger partial charge in [0.2, 0.25) is 0 Å². The maximum absolute atomic E-state index is 11.9. The topological polar surface area (TPSA) is 75.3 Å². The molecule has 0 spiro atoms. The quantitative estimate of drug-likeness (QED) is 0.824. The van der Waals surface area contributed by atoms with Crippen molar-refractivity contribution in [2.24, 2.45) is 0 Å². The van der Waals surface area contributed by atoms with Gasteiger partial charge in [-0.25, -0.2) is 13.2 Å². The summed E-state index contributed by atoms with van der Waals surface area (Å²) in [6, 6.07) is 14.0. The van der Waals surface area contributed by atoms with E-state index in [4.69, 9.17) is 11.6 Å². The first-order valence-electron chi connectivity index (χ1n) is 7.38. The Balaban J connectivity index is 1.82. The molecule has 0 saturated carbocycles. The number of carbonyl (C=O) groups is 1. The number of anilines is 1. The molecule has 0 radical (unpaired) electrons. The minimum Gasteiger partial charge on any atom is -0.334 e. The van der Waals surface area contributed by atoms with Crippen molar-refractivity contribution in [3.63, 3.8) is 0 Å². The average molecular weight is 367 g/mol. The number of sulfone groups is 1. The van der Waals surface area contributed by atoms with Gasteiger partial charge in [-0.05, 0) is 41.8 Å². The minimum absolute atomic E-state index is 0.112. The second-order valence-electron chi connectivity index (χ2n) is 5.51. The first kappa shape index (κ1) is 18.3. The molecule has 7 heteroatoms. The summed E-state index contributed by atoms with van der Waals surface area (Å²) in [7, 11) is -2.98. The standard InChI is InChI=1S/C17H19ClN2O3S/c1-24(22,23)11-10-13-4-8-16(9-5-13)20-17(21)19-12-14-2-6-15(18)7-3-14/h2-9H,10-12H2,1H3,(H2,19,20,21). The van der Waals surface area contributed by atoms with Crippen LogP contribution in [0.5, 0.6) is 0 Å². The van der Waals surface area contributed by atoms with Crippen LogP contribution >= 0.6 is 11.6 Å². The normalized spacial score (nSPS) is 11.1. The largest absolute Gasteiger partial charge is 0.334 e. The summed E-state index contributed by atoms with van der Waals surface area (Å²) in [5.74, 6) is 0.112. The van der Waals surface area contributed by atoms with E-state index in [0.29, 0.717) is 23.7 Å². The fourth-order valence-corrected chi connectivity index (χ4v) is 2.75. The number of nitrogens with one attached hydrogen (secondary N) is 2. The van der Waals surface area contributed by atoms with Crippen molar-refractivity contribution >= 4 is 33.2 Å². The zero-order chi connectivity index (χ0) is 17.6. The van der Waals surface area contributed by atoms with Crippen molar-refractivity contribution in [3.8, 4) is 0 Å². The monoisotopic (exact) mass is 366 g/mol. The van der Waals surface area contributed by atoms with E-state index < -0.39 is 9.84 Å². The van der Waals surface area contributed by atoms with Crippen molar-refractivity contribution in [3.05, 3.63) is 64.7 Å². The Bertz CT molecular complexity index is 788. The number of benzene rings is 2. The van der Waals surface area contributed by atoms with Crippen molar-refractivity contribution in [2.75, 3.05) is 17.3 Å². The van der Waals surface area contributed by atoms with Crippen molar-refractivity contribution in [1.29, 1.82) is 0 Å². The fourth-order valence-electron chi connectivity index (χ4n) is 2.02. The molecule has 24 heavy (non-hydrogen) atoms. The third kappa shape index (κ3) is 6.60. The van der Waals surface area contributed by atoms with Crippen molar-refractivity contribution in [1.82, 2.24) is 5.32 Å². The van der Waals surface area contributed by atoms with Crippen LogP contribution in [0, 0.1) is 0 Å². The highest BCUT2D eigenvalue weighted by Crippen LogP contribution is 2.11. The summed E-state index contributed by atoms with van der Waals surface area (Å²) >= 11 is 5.81. The van der Waals surface area contributed by atoms with E-state index in [-0.39, 0.29) is 11.8 Å². The smallest absolute Gasteiger partial charge is 0.319 e. The molecule has 5 nitrogen and oxygen atoms in total. The molecule has 0 aliphatic rings. The highest BCUT2D eigenvalue weighted by atomic mass is 35.5. The summed E-state index contributed by atoms with van der Waals surface area (Å²) in [6.45, 7) is 0.398. The number of amides is 2. The van der Waals surface area contributed by atoms with Gasteiger partial charge in [0.1, 0.15) is 9.84 Å². The Morgan fingerprint density at radius 2 is 1.58 bits per heavy atom. The third-order valence-corrected chi connectivity index (χ3v) is 4.54. The minimum atomic E-state index is -2.98. The van der Waals surface area contributed by atoms with Crippen LogP contribution in [0.25, 0.3) is 0 Å². The van der Waals surface area contributed by atoms with Crippen LogP contribution in [0.1, 0.15) is 11.1 Å². The lowest BCUT2D eigenvalue weighted by atomic mass is 10.1. The van der Waals surface area contributed by atoms with E-state index in [0.717, 1.165) is 11.1 Å². The third-order valence-electron chi connectivity index (χ3n) is 3.34. The molecule has 128 valence electrons. The molecule has 0 atom stereocenters. The van der Waals surface area contributed by atoms with E-state index in [1.54, 1.807) is 36.4 Å². The Hall–Kier alpha value is -2.05. The van der Waals surface area contributed by atoms with Crippen LogP contribution < -0.4 is 10.6 Å². The van der Waals surface area contributed by atoms with Gasteiger partial charge in [-0.15, -0.1) is 0 Å². The maximum Gasteiger partial charge on any atom is 0.319 e. The zero-order valence-corrected chi connectivity index (χ0v) is 14.8. The molecule has 2 rings (SSSR count). The fraction of sp³-hybridized carbons (Fsp3) is 0.235. The van der Waals surface area contributed by atoms with E-state index in [2.05, 4.69) is 10.6 Å². The van der Waals surface area contributed by atoms with Gasteiger partial charge in [-0.1, -0.05) is 35.9 Å². The van der Waals surface area contributed by atoms with Crippen molar-refractivity contribution < 1.29 is 13.2 Å². The lowest BCUT2D eigenvalue weighted by Crippen LogP contribution is -2.28. The highest BCUT2D eigenvalue weighted by molar-refractivity contribution is 7.90. The zero-order valence-electron chi connectivity index (χ0n) is 13.3. The van der Waals surface area contributed by atoms with Gasteiger partial charge < -0.3 is 10.6 Å². The lowest BCUT2D eigenvalue weighted by Gasteiger charge is -2.08. The van der Waals surface area contributed by atoms with Gasteiger partial charge in [0, 0.05) is 23.5 Å². The Morgan fingerprint density at radius 1 is 1.00 bits per heavy atom. The SMILES string of the molecule is CS(=O)(=O)CCc1ccc(NC(=O)NCc2ccc(Cl)cc2)cc1. The molecule has 2 N–H and O–H groups in total. The van der Waals surface area contributed by atoms with Crippen LogP contribution in [-0.2, 0) is 22.8 Å². The number of aryl methyl sites for hydroxylation is 1. The molecular weight excluding hydrogens is 348 g/mol. The van der Waals surface area contributed by atoms with Gasteiger partial charge in [0.15, 0.2) is 0 Å². The molecule has 0 bridgehead atoms. The number of hydrogen-bond donors (Lipinski definition) is 2.